The van der Waals surface area contributed by atoms with Crippen molar-refractivity contribution in [3.05, 3.63) is 63.5 Å². The van der Waals surface area contributed by atoms with Crippen LogP contribution in [0.5, 0.6) is 0 Å². The van der Waals surface area contributed by atoms with Crippen LogP contribution in [0.4, 0.5) is 0 Å². The summed E-state index contributed by atoms with van der Waals surface area (Å²) in [7, 11) is 1.79. The molecule has 1 amide bonds. The van der Waals surface area contributed by atoms with Crippen molar-refractivity contribution in [2.45, 2.75) is 32.2 Å². The Morgan fingerprint density at radius 1 is 1.36 bits per heavy atom. The lowest BCUT2D eigenvalue weighted by atomic mass is 9.93. The number of carbonyl (C=O) groups excluding carboxylic acids is 1. The minimum Gasteiger partial charge on any atom is -0.469 e. The van der Waals surface area contributed by atoms with Crippen LogP contribution in [-0.4, -0.2) is 15.5 Å². The van der Waals surface area contributed by atoms with Gasteiger partial charge in [-0.2, -0.15) is 0 Å². The van der Waals surface area contributed by atoms with Crippen molar-refractivity contribution in [3.63, 3.8) is 0 Å². The fourth-order valence-corrected chi connectivity index (χ4v) is 3.48. The number of carbonyl (C=O) groups is 1. The minimum atomic E-state index is -0.359. The van der Waals surface area contributed by atoms with Crippen LogP contribution in [0.1, 0.15) is 46.3 Å². The highest BCUT2D eigenvalue weighted by molar-refractivity contribution is 5.97. The molecule has 1 aliphatic carbocycles. The number of amides is 1. The monoisotopic (exact) mass is 337 g/mol. The smallest absolute Gasteiger partial charge is 0.257 e. The topological polar surface area (TPSA) is 77.1 Å². The summed E-state index contributed by atoms with van der Waals surface area (Å²) in [6.07, 6.45) is 5.89. The van der Waals surface area contributed by atoms with E-state index in [4.69, 9.17) is 4.42 Å². The molecular weight excluding hydrogens is 318 g/mol. The van der Waals surface area contributed by atoms with Crippen LogP contribution in [0.2, 0.25) is 0 Å². The highest BCUT2D eigenvalue weighted by atomic mass is 16.3. The van der Waals surface area contributed by atoms with E-state index in [1.54, 1.807) is 36.2 Å². The van der Waals surface area contributed by atoms with E-state index in [-0.39, 0.29) is 22.9 Å². The molecule has 0 spiro atoms. The summed E-state index contributed by atoms with van der Waals surface area (Å²) in [6, 6.07) is 5.28. The predicted molar refractivity (Wildman–Crippen MR) is 93.6 cm³/mol. The quantitative estimate of drug-likeness (QED) is 0.780. The van der Waals surface area contributed by atoms with Crippen molar-refractivity contribution in [1.29, 1.82) is 0 Å². The second-order valence-corrected chi connectivity index (χ2v) is 6.52. The minimum absolute atomic E-state index is 0.119. The standard InChI is InChI=1S/C19H19N3O3/c1-11-6-7-13-17(23)14(10-22(2)18(13)20-11)19(24)21-15-4-3-5-16-12(15)8-9-25-16/h6-10,15H,3-5H2,1-2H3,(H,21,24)/t15-/m1/s1. The molecule has 0 aliphatic heterocycles. The Kier molecular flexibility index (Phi) is 3.67. The van der Waals surface area contributed by atoms with Gasteiger partial charge in [0.15, 0.2) is 0 Å². The van der Waals surface area contributed by atoms with Crippen molar-refractivity contribution in [2.75, 3.05) is 0 Å². The van der Waals surface area contributed by atoms with Crippen molar-refractivity contribution in [3.8, 4) is 0 Å². The zero-order chi connectivity index (χ0) is 17.6. The fourth-order valence-electron chi connectivity index (χ4n) is 3.48. The number of furan rings is 1. The molecule has 6 nitrogen and oxygen atoms in total. The Labute approximate surface area is 144 Å². The van der Waals surface area contributed by atoms with Gasteiger partial charge in [0.25, 0.3) is 5.91 Å². The Bertz CT molecular complexity index is 1030. The third-order valence-corrected chi connectivity index (χ3v) is 4.76. The van der Waals surface area contributed by atoms with Crippen LogP contribution in [0.25, 0.3) is 11.0 Å². The van der Waals surface area contributed by atoms with Gasteiger partial charge in [0.2, 0.25) is 5.43 Å². The summed E-state index contributed by atoms with van der Waals surface area (Å²) < 4.78 is 7.18. The molecule has 25 heavy (non-hydrogen) atoms. The van der Waals surface area contributed by atoms with Crippen LogP contribution >= 0.6 is 0 Å². The largest absolute Gasteiger partial charge is 0.469 e. The summed E-state index contributed by atoms with van der Waals surface area (Å²) in [5.74, 6) is 0.560. The van der Waals surface area contributed by atoms with E-state index in [2.05, 4.69) is 10.3 Å². The van der Waals surface area contributed by atoms with Crippen LogP contribution in [0, 0.1) is 6.92 Å². The van der Waals surface area contributed by atoms with Gasteiger partial charge in [-0.25, -0.2) is 4.98 Å². The summed E-state index contributed by atoms with van der Waals surface area (Å²) in [5.41, 5.74) is 2.26. The number of nitrogens with one attached hydrogen (secondary N) is 1. The Morgan fingerprint density at radius 2 is 2.20 bits per heavy atom. The highest BCUT2D eigenvalue weighted by Crippen LogP contribution is 2.30. The van der Waals surface area contributed by atoms with Gasteiger partial charge in [0.1, 0.15) is 17.0 Å². The Morgan fingerprint density at radius 3 is 3.04 bits per heavy atom. The first-order valence-electron chi connectivity index (χ1n) is 8.38. The maximum Gasteiger partial charge on any atom is 0.257 e. The molecule has 6 heteroatoms. The molecule has 0 bridgehead atoms. The van der Waals surface area contributed by atoms with Gasteiger partial charge in [0.05, 0.1) is 17.7 Å². The third kappa shape index (κ3) is 2.63. The van der Waals surface area contributed by atoms with E-state index in [0.29, 0.717) is 11.0 Å². The van der Waals surface area contributed by atoms with Crippen LogP contribution in [0.3, 0.4) is 0 Å². The zero-order valence-corrected chi connectivity index (χ0v) is 14.2. The SMILES string of the molecule is Cc1ccc2c(=O)c(C(=O)N[C@@H]3CCCc4occc43)cn(C)c2n1. The number of hydrogen-bond donors (Lipinski definition) is 1. The molecule has 3 aromatic heterocycles. The molecule has 0 saturated heterocycles. The average molecular weight is 337 g/mol. The number of fused-ring (bicyclic) bond motifs is 2. The normalized spacial score (nSPS) is 16.6. The van der Waals surface area contributed by atoms with Gasteiger partial charge in [-0.1, -0.05) is 0 Å². The molecule has 4 rings (SSSR count). The maximum absolute atomic E-state index is 12.8. The van der Waals surface area contributed by atoms with Gasteiger partial charge in [-0.3, -0.25) is 9.59 Å². The van der Waals surface area contributed by atoms with Crippen molar-refractivity contribution < 1.29 is 9.21 Å². The van der Waals surface area contributed by atoms with E-state index >= 15 is 0 Å². The zero-order valence-electron chi connectivity index (χ0n) is 14.2. The Balaban J connectivity index is 1.71. The second kappa shape index (κ2) is 5.88. The molecule has 0 unspecified atom stereocenters. The molecule has 0 fully saturated rings. The molecule has 1 aliphatic rings. The van der Waals surface area contributed by atoms with E-state index < -0.39 is 0 Å². The summed E-state index contributed by atoms with van der Waals surface area (Å²) in [5, 5.41) is 3.44. The van der Waals surface area contributed by atoms with E-state index in [0.717, 1.165) is 36.3 Å². The predicted octanol–water partition coefficient (Wildman–Crippen LogP) is 2.64. The van der Waals surface area contributed by atoms with Crippen LogP contribution in [0.15, 0.2) is 39.9 Å². The van der Waals surface area contributed by atoms with E-state index in [1.165, 1.54) is 0 Å². The first-order valence-corrected chi connectivity index (χ1v) is 8.38. The number of hydrogen-bond acceptors (Lipinski definition) is 4. The van der Waals surface area contributed by atoms with E-state index in [1.807, 2.05) is 13.0 Å². The second-order valence-electron chi connectivity index (χ2n) is 6.52. The van der Waals surface area contributed by atoms with Gasteiger partial charge < -0.3 is 14.3 Å². The number of aryl methyl sites for hydroxylation is 3. The lowest BCUT2D eigenvalue weighted by Crippen LogP contribution is -2.34. The third-order valence-electron chi connectivity index (χ3n) is 4.76. The van der Waals surface area contributed by atoms with Crippen molar-refractivity contribution >= 4 is 16.9 Å². The molecule has 1 atom stereocenters. The highest BCUT2D eigenvalue weighted by Gasteiger charge is 2.25. The molecule has 128 valence electrons. The fraction of sp³-hybridized carbons (Fsp3) is 0.316. The molecule has 0 aromatic carbocycles. The average Bonchev–Trinajstić information content (AvgIpc) is 3.07. The lowest BCUT2D eigenvalue weighted by molar-refractivity contribution is 0.0930. The van der Waals surface area contributed by atoms with Crippen molar-refractivity contribution in [2.24, 2.45) is 7.05 Å². The number of nitrogens with zero attached hydrogens (tertiary/aromatic N) is 2. The van der Waals surface area contributed by atoms with Gasteiger partial charge in [-0.15, -0.1) is 0 Å². The van der Waals surface area contributed by atoms with Crippen LogP contribution < -0.4 is 10.7 Å². The first-order chi connectivity index (χ1) is 12.0. The van der Waals surface area contributed by atoms with Gasteiger partial charge >= 0.3 is 0 Å². The molecule has 0 saturated carbocycles. The van der Waals surface area contributed by atoms with E-state index in [9.17, 15) is 9.59 Å². The number of rotatable bonds is 2. The summed E-state index contributed by atoms with van der Waals surface area (Å²) in [4.78, 5) is 29.9. The van der Waals surface area contributed by atoms with Gasteiger partial charge in [-0.05, 0) is 38.0 Å². The van der Waals surface area contributed by atoms with Gasteiger partial charge in [0, 0.05) is 30.9 Å². The maximum atomic E-state index is 12.8. The molecular formula is C19H19N3O3. The molecule has 3 heterocycles. The van der Waals surface area contributed by atoms with Crippen LogP contribution in [-0.2, 0) is 13.5 Å². The molecule has 0 radical (unpaired) electrons. The number of aromatic nitrogens is 2. The molecule has 1 N–H and O–H groups in total. The first kappa shape index (κ1) is 15.6. The lowest BCUT2D eigenvalue weighted by Gasteiger charge is -2.22. The Hall–Kier alpha value is -2.89. The molecule has 3 aromatic rings. The summed E-state index contributed by atoms with van der Waals surface area (Å²) in [6.45, 7) is 1.87. The van der Waals surface area contributed by atoms with Crippen molar-refractivity contribution in [1.82, 2.24) is 14.9 Å². The summed E-state index contributed by atoms with van der Waals surface area (Å²) >= 11 is 0. The number of pyridine rings is 2.